The van der Waals surface area contributed by atoms with E-state index in [0.717, 1.165) is 5.56 Å². The quantitative estimate of drug-likeness (QED) is 0.137. The molecule has 2 N–H and O–H groups in total. The Morgan fingerprint density at radius 2 is 0.667 bits per heavy atom. The molecule has 2 aliphatic heterocycles. The second-order valence-electron chi connectivity index (χ2n) is 12.8. The van der Waals surface area contributed by atoms with E-state index in [0.29, 0.717) is 83.8 Å². The Kier molecular flexibility index (Phi) is 7.85. The van der Waals surface area contributed by atoms with Gasteiger partial charge in [-0.05, 0) is 119 Å². The maximum atomic E-state index is 14.2. The normalized spacial score (nSPS) is 12.0. The number of hydrogen-bond donors (Lipinski definition) is 2. The number of nitrogens with one attached hydrogen (secondary N) is 2. The fraction of sp³-hybridized carbons (Fsp3) is 0. The molecule has 54 heavy (non-hydrogen) atoms. The highest BCUT2D eigenvalue weighted by atomic mass is 19.1. The number of aromatic amines is 2. The van der Waals surface area contributed by atoms with Crippen LogP contribution in [-0.2, 0) is 0 Å². The van der Waals surface area contributed by atoms with Crippen LogP contribution in [0, 0.1) is 27.6 Å². The van der Waals surface area contributed by atoms with Crippen molar-refractivity contribution in [1.82, 2.24) is 19.9 Å². The van der Waals surface area contributed by atoms with E-state index in [4.69, 9.17) is 9.97 Å². The summed E-state index contributed by atoms with van der Waals surface area (Å²) in [6.45, 7) is 0. The average Bonchev–Trinajstić information content (AvgIpc) is 4.02. The maximum absolute atomic E-state index is 14.2. The van der Waals surface area contributed by atoms with Gasteiger partial charge in [0.15, 0.2) is 0 Å². The van der Waals surface area contributed by atoms with Crippen molar-refractivity contribution in [3.8, 4) is 44.5 Å². The zero-order valence-corrected chi connectivity index (χ0v) is 28.1. The number of hydrogen-bond acceptors (Lipinski definition) is 4. The fourth-order valence-electron chi connectivity index (χ4n) is 7.02. The smallest absolute Gasteiger partial charge is 0.269 e. The molecule has 8 bridgehead atoms. The molecule has 0 amide bonds. The lowest BCUT2D eigenvalue weighted by molar-refractivity contribution is -0.384. The average molecular weight is 714 g/mol. The van der Waals surface area contributed by atoms with E-state index in [1.54, 1.807) is 48.5 Å². The Hall–Kier alpha value is -7.33. The Morgan fingerprint density at radius 3 is 0.926 bits per heavy atom. The minimum Gasteiger partial charge on any atom is -0.354 e. The second kappa shape index (κ2) is 13.0. The zero-order valence-electron chi connectivity index (χ0n) is 28.1. The minimum absolute atomic E-state index is 0.0489. The Balaban J connectivity index is 1.45. The molecule has 0 radical (unpaired) electrons. The highest BCUT2D eigenvalue weighted by Crippen LogP contribution is 2.38. The summed E-state index contributed by atoms with van der Waals surface area (Å²) in [7, 11) is 0. The molecule has 3 aromatic heterocycles. The largest absolute Gasteiger partial charge is 0.354 e. The molecule has 0 unspecified atom stereocenters. The number of rotatable bonds is 5. The van der Waals surface area contributed by atoms with Crippen molar-refractivity contribution in [3.63, 3.8) is 0 Å². The molecule has 5 heterocycles. The summed E-state index contributed by atoms with van der Waals surface area (Å²) in [5, 5.41) is 11.6. The van der Waals surface area contributed by atoms with Crippen molar-refractivity contribution in [2.24, 2.45) is 0 Å². The monoisotopic (exact) mass is 713 g/mol. The third kappa shape index (κ3) is 5.85. The van der Waals surface area contributed by atoms with E-state index < -0.39 is 4.92 Å². The number of halogens is 3. The molecule has 0 saturated carbocycles. The lowest BCUT2D eigenvalue weighted by Crippen LogP contribution is -1.91. The van der Waals surface area contributed by atoms with E-state index >= 15 is 0 Å². The first kappa shape index (κ1) is 32.6. The molecule has 4 aromatic carbocycles. The molecule has 0 aliphatic carbocycles. The molecule has 10 heteroatoms. The molecule has 0 spiro atoms. The van der Waals surface area contributed by atoms with Gasteiger partial charge in [-0.25, -0.2) is 23.1 Å². The first-order chi connectivity index (χ1) is 26.3. The van der Waals surface area contributed by atoms with Gasteiger partial charge in [0, 0.05) is 56.5 Å². The summed E-state index contributed by atoms with van der Waals surface area (Å²) in [6.07, 6.45) is 7.54. The van der Waals surface area contributed by atoms with Crippen molar-refractivity contribution in [1.29, 1.82) is 0 Å². The number of fused-ring (bicyclic) bond motifs is 8. The number of nitro groups is 1. The summed E-state index contributed by atoms with van der Waals surface area (Å²) in [4.78, 5) is 28.5. The molecule has 260 valence electrons. The van der Waals surface area contributed by atoms with Gasteiger partial charge in [-0.2, -0.15) is 0 Å². The summed E-state index contributed by atoms with van der Waals surface area (Å²) >= 11 is 0. The molecular weight excluding hydrogens is 688 g/mol. The predicted molar refractivity (Wildman–Crippen MR) is 207 cm³/mol. The number of non-ortho nitro benzene ring substituents is 1. The number of aromatic nitrogens is 4. The first-order valence-electron chi connectivity index (χ1n) is 17.0. The zero-order chi connectivity index (χ0) is 36.9. The van der Waals surface area contributed by atoms with Crippen molar-refractivity contribution in [3.05, 3.63) is 172 Å². The number of H-pyrrole nitrogens is 2. The molecule has 7 aromatic rings. The van der Waals surface area contributed by atoms with E-state index in [-0.39, 0.29) is 23.1 Å². The van der Waals surface area contributed by atoms with Crippen molar-refractivity contribution < 1.29 is 18.1 Å². The van der Waals surface area contributed by atoms with Gasteiger partial charge in [-0.3, -0.25) is 10.1 Å². The van der Waals surface area contributed by atoms with Crippen LogP contribution in [0.5, 0.6) is 0 Å². The topological polar surface area (TPSA) is 100 Å². The Labute approximate surface area is 305 Å². The third-order valence-corrected chi connectivity index (χ3v) is 9.52. The standard InChI is InChI=1S/C44H26F3N5O2/c45-29-9-1-25(2-10-29)41-33-17-19-35(48-33)42(26-3-11-30(46)12-4-26)37-21-23-39(50-37)44(28-7-15-32(16-8-28)52(53)54)40-24-22-38(51-40)43(36-20-18-34(41)49-36)27-5-13-31(47)14-6-27/h1-24,48,51H. The van der Waals surface area contributed by atoms with Crippen LogP contribution in [0.1, 0.15) is 22.8 Å². The van der Waals surface area contributed by atoms with Gasteiger partial charge in [0.05, 0.1) is 27.7 Å². The molecule has 0 saturated heterocycles. The van der Waals surface area contributed by atoms with E-state index in [1.807, 2.05) is 48.6 Å². The van der Waals surface area contributed by atoms with Crippen LogP contribution >= 0.6 is 0 Å². The lowest BCUT2D eigenvalue weighted by Gasteiger charge is -2.07. The van der Waals surface area contributed by atoms with Crippen molar-refractivity contribution in [2.75, 3.05) is 0 Å². The molecule has 0 atom stereocenters. The predicted octanol–water partition coefficient (Wildman–Crippen LogP) is 11.6. The fourth-order valence-corrected chi connectivity index (χ4v) is 7.02. The molecule has 9 rings (SSSR count). The van der Waals surface area contributed by atoms with Gasteiger partial charge in [0.1, 0.15) is 17.5 Å². The van der Waals surface area contributed by atoms with E-state index in [2.05, 4.69) is 9.97 Å². The van der Waals surface area contributed by atoms with Gasteiger partial charge in [-0.15, -0.1) is 0 Å². The van der Waals surface area contributed by atoms with Crippen LogP contribution in [0.4, 0.5) is 18.9 Å². The van der Waals surface area contributed by atoms with Crippen LogP contribution < -0.4 is 0 Å². The highest BCUT2D eigenvalue weighted by molar-refractivity contribution is 5.99. The van der Waals surface area contributed by atoms with Crippen molar-refractivity contribution >= 4 is 52.1 Å². The SMILES string of the molecule is O=[N+]([O-])c1ccc(-c2c3nc(c(-c4ccc(F)cc4)c4ccc([nH]4)c(-c4ccc(F)cc4)c4nc(c(-c5ccc(F)cc5)c5ccc2[nH]5)C=C4)C=C3)cc1. The van der Waals surface area contributed by atoms with Crippen LogP contribution in [0.3, 0.4) is 0 Å². The van der Waals surface area contributed by atoms with Gasteiger partial charge in [0.2, 0.25) is 0 Å². The summed E-state index contributed by atoms with van der Waals surface area (Å²) in [5.74, 6) is -1.14. The molecule has 7 nitrogen and oxygen atoms in total. The number of nitro benzene ring substituents is 1. The molecule has 2 aliphatic rings. The molecule has 0 fully saturated rings. The summed E-state index contributed by atoms with van der Waals surface area (Å²) in [6, 6.07) is 32.5. The van der Waals surface area contributed by atoms with Crippen molar-refractivity contribution in [2.45, 2.75) is 0 Å². The second-order valence-corrected chi connectivity index (χ2v) is 12.8. The maximum Gasteiger partial charge on any atom is 0.269 e. The van der Waals surface area contributed by atoms with Crippen LogP contribution in [0.2, 0.25) is 0 Å². The third-order valence-electron chi connectivity index (χ3n) is 9.52. The molecular formula is C44H26F3N5O2. The van der Waals surface area contributed by atoms with Gasteiger partial charge in [-0.1, -0.05) is 36.4 Å². The van der Waals surface area contributed by atoms with E-state index in [9.17, 15) is 23.3 Å². The Morgan fingerprint density at radius 1 is 0.407 bits per heavy atom. The van der Waals surface area contributed by atoms with Crippen LogP contribution in [0.15, 0.2) is 121 Å². The Bertz CT molecular complexity index is 2810. The number of nitrogens with zero attached hydrogens (tertiary/aromatic N) is 3. The first-order valence-corrected chi connectivity index (χ1v) is 17.0. The summed E-state index contributed by atoms with van der Waals surface area (Å²) in [5.41, 5.74) is 10.7. The minimum atomic E-state index is -0.447. The van der Waals surface area contributed by atoms with Crippen LogP contribution in [-0.4, -0.2) is 24.9 Å². The van der Waals surface area contributed by atoms with Gasteiger partial charge in [0.25, 0.3) is 5.69 Å². The summed E-state index contributed by atoms with van der Waals surface area (Å²) < 4.78 is 42.7. The highest BCUT2D eigenvalue weighted by Gasteiger charge is 2.19. The van der Waals surface area contributed by atoms with Crippen LogP contribution in [0.25, 0.3) is 90.9 Å². The van der Waals surface area contributed by atoms with Gasteiger partial charge >= 0.3 is 0 Å². The van der Waals surface area contributed by atoms with Gasteiger partial charge < -0.3 is 9.97 Å². The lowest BCUT2D eigenvalue weighted by atomic mass is 10.0. The van der Waals surface area contributed by atoms with E-state index in [1.165, 1.54) is 48.5 Å². The number of benzene rings is 4.